The van der Waals surface area contributed by atoms with Gasteiger partial charge in [0.1, 0.15) is 0 Å². The Morgan fingerprint density at radius 2 is 1.53 bits per heavy atom. The molecule has 0 aromatic rings. The van der Waals surface area contributed by atoms with Crippen LogP contribution < -0.4 is 0 Å². The highest BCUT2D eigenvalue weighted by Gasteiger charge is 2.29. The van der Waals surface area contributed by atoms with Gasteiger partial charge in [0.2, 0.25) is 0 Å². The van der Waals surface area contributed by atoms with Crippen LogP contribution in [0.15, 0.2) is 0 Å². The average Bonchev–Trinajstić information content (AvgIpc) is 2.39. The Kier molecular flexibility index (Phi) is 4.87. The van der Waals surface area contributed by atoms with Crippen molar-refractivity contribution < 1.29 is 4.74 Å². The maximum absolute atomic E-state index is 5.45. The fourth-order valence-corrected chi connectivity index (χ4v) is 3.40. The van der Waals surface area contributed by atoms with Crippen molar-refractivity contribution in [3.8, 4) is 0 Å². The molecule has 1 atom stereocenters. The molecule has 2 heterocycles. The van der Waals surface area contributed by atoms with E-state index in [1.165, 1.54) is 38.8 Å². The normalized spacial score (nSPS) is 27.5. The minimum absolute atomic E-state index is 0.819. The molecule has 0 amide bonds. The molecule has 0 bridgehead atoms. The molecule has 2 heteroatoms. The third-order valence-electron chi connectivity index (χ3n) is 5.08. The summed E-state index contributed by atoms with van der Waals surface area (Å²) in [6.07, 6.45) is 5.34. The van der Waals surface area contributed by atoms with Gasteiger partial charge in [0.05, 0.1) is 0 Å². The predicted molar refractivity (Wildman–Crippen MR) is 72.1 cm³/mol. The Labute approximate surface area is 107 Å². The first-order chi connectivity index (χ1) is 8.18. The monoisotopic (exact) mass is 239 g/mol. The Morgan fingerprint density at radius 3 is 2.06 bits per heavy atom. The van der Waals surface area contributed by atoms with Crippen molar-refractivity contribution in [2.45, 2.75) is 52.5 Å². The first-order valence-corrected chi connectivity index (χ1v) is 7.50. The summed E-state index contributed by atoms with van der Waals surface area (Å²) in [5, 5.41) is 0. The average molecular weight is 239 g/mol. The van der Waals surface area contributed by atoms with Gasteiger partial charge in [-0.3, -0.25) is 0 Å². The molecule has 1 unspecified atom stereocenters. The molecule has 0 spiro atoms. The topological polar surface area (TPSA) is 12.5 Å². The van der Waals surface area contributed by atoms with E-state index >= 15 is 0 Å². The maximum Gasteiger partial charge on any atom is 0.0480 e. The van der Waals surface area contributed by atoms with E-state index in [1.54, 1.807) is 0 Å². The fraction of sp³-hybridized carbons (Fsp3) is 1.00. The Morgan fingerprint density at radius 1 is 0.941 bits per heavy atom. The highest BCUT2D eigenvalue weighted by molar-refractivity contribution is 4.82. The van der Waals surface area contributed by atoms with Crippen molar-refractivity contribution in [1.82, 2.24) is 4.90 Å². The zero-order chi connectivity index (χ0) is 12.3. The molecular formula is C15H29NO. The Balaban J connectivity index is 1.77. The zero-order valence-corrected chi connectivity index (χ0v) is 11.8. The number of rotatable bonds is 3. The number of hydrogen-bond donors (Lipinski definition) is 0. The molecule has 17 heavy (non-hydrogen) atoms. The Bertz CT molecular complexity index is 215. The molecule has 2 aliphatic rings. The summed E-state index contributed by atoms with van der Waals surface area (Å²) in [7, 11) is 0. The molecule has 0 aromatic heterocycles. The molecule has 2 saturated heterocycles. The van der Waals surface area contributed by atoms with Gasteiger partial charge in [-0.05, 0) is 56.5 Å². The van der Waals surface area contributed by atoms with Crippen LogP contribution in [0.1, 0.15) is 46.5 Å². The highest BCUT2D eigenvalue weighted by Crippen LogP contribution is 2.31. The summed E-state index contributed by atoms with van der Waals surface area (Å²) in [5.41, 5.74) is 0. The van der Waals surface area contributed by atoms with Crippen molar-refractivity contribution >= 4 is 0 Å². The van der Waals surface area contributed by atoms with E-state index in [1.807, 2.05) is 0 Å². The van der Waals surface area contributed by atoms with Gasteiger partial charge >= 0.3 is 0 Å². The molecule has 0 N–H and O–H groups in total. The molecule has 0 aromatic carbocycles. The molecule has 100 valence electrons. The van der Waals surface area contributed by atoms with E-state index in [0.29, 0.717) is 0 Å². The molecule has 2 rings (SSSR count). The smallest absolute Gasteiger partial charge is 0.0480 e. The van der Waals surface area contributed by atoms with Gasteiger partial charge in [-0.1, -0.05) is 20.8 Å². The first kappa shape index (κ1) is 13.4. The van der Waals surface area contributed by atoms with Gasteiger partial charge in [0, 0.05) is 19.3 Å². The van der Waals surface area contributed by atoms with Crippen molar-refractivity contribution in [3.05, 3.63) is 0 Å². The summed E-state index contributed by atoms with van der Waals surface area (Å²) in [6.45, 7) is 11.8. The maximum atomic E-state index is 5.45. The number of piperidine rings is 1. The van der Waals surface area contributed by atoms with Crippen LogP contribution in [-0.2, 0) is 4.74 Å². The first-order valence-electron chi connectivity index (χ1n) is 7.50. The number of nitrogens with zero attached hydrogens (tertiary/aromatic N) is 1. The van der Waals surface area contributed by atoms with Crippen LogP contribution in [0.3, 0.4) is 0 Å². The summed E-state index contributed by atoms with van der Waals surface area (Å²) < 4.78 is 5.45. The van der Waals surface area contributed by atoms with Crippen LogP contribution in [0, 0.1) is 17.8 Å². The van der Waals surface area contributed by atoms with Crippen molar-refractivity contribution in [1.29, 1.82) is 0 Å². The van der Waals surface area contributed by atoms with Crippen LogP contribution >= 0.6 is 0 Å². The standard InChI is InChI=1S/C15H29NO/c1-12(2)13(3)14-4-8-16(9-5-14)15-6-10-17-11-7-15/h12-15H,4-11H2,1-3H3. The SMILES string of the molecule is CC(C)C(C)C1CCN(C2CCOCC2)CC1. The number of ether oxygens (including phenoxy) is 1. The van der Waals surface area contributed by atoms with Gasteiger partial charge in [-0.2, -0.15) is 0 Å². The largest absolute Gasteiger partial charge is 0.381 e. The Hall–Kier alpha value is -0.0800. The van der Waals surface area contributed by atoms with E-state index in [4.69, 9.17) is 4.74 Å². The summed E-state index contributed by atoms with van der Waals surface area (Å²) >= 11 is 0. The molecular weight excluding hydrogens is 210 g/mol. The second-order valence-electron chi connectivity index (χ2n) is 6.32. The summed E-state index contributed by atoms with van der Waals surface area (Å²) in [4.78, 5) is 2.73. The second-order valence-corrected chi connectivity index (χ2v) is 6.32. The molecule has 0 aliphatic carbocycles. The third-order valence-corrected chi connectivity index (χ3v) is 5.08. The molecule has 2 nitrogen and oxygen atoms in total. The van der Waals surface area contributed by atoms with E-state index in [9.17, 15) is 0 Å². The van der Waals surface area contributed by atoms with Gasteiger partial charge in [-0.25, -0.2) is 0 Å². The van der Waals surface area contributed by atoms with Crippen molar-refractivity contribution in [2.24, 2.45) is 17.8 Å². The summed E-state index contributed by atoms with van der Waals surface area (Å²) in [5.74, 6) is 2.70. The molecule has 2 aliphatic heterocycles. The fourth-order valence-electron chi connectivity index (χ4n) is 3.40. The third kappa shape index (κ3) is 3.45. The quantitative estimate of drug-likeness (QED) is 0.750. The molecule has 0 saturated carbocycles. The zero-order valence-electron chi connectivity index (χ0n) is 11.8. The molecule has 0 radical (unpaired) electrons. The number of hydrogen-bond acceptors (Lipinski definition) is 2. The van der Waals surface area contributed by atoms with Crippen molar-refractivity contribution in [2.75, 3.05) is 26.3 Å². The lowest BCUT2D eigenvalue weighted by Gasteiger charge is -2.41. The number of likely N-dealkylation sites (tertiary alicyclic amines) is 1. The lowest BCUT2D eigenvalue weighted by Crippen LogP contribution is -2.45. The lowest BCUT2D eigenvalue weighted by molar-refractivity contribution is 0.0150. The van der Waals surface area contributed by atoms with E-state index in [0.717, 1.165) is 37.0 Å². The van der Waals surface area contributed by atoms with Gasteiger partial charge in [0.25, 0.3) is 0 Å². The van der Waals surface area contributed by atoms with Gasteiger partial charge < -0.3 is 9.64 Å². The van der Waals surface area contributed by atoms with E-state index in [2.05, 4.69) is 25.7 Å². The van der Waals surface area contributed by atoms with Crippen molar-refractivity contribution in [3.63, 3.8) is 0 Å². The van der Waals surface area contributed by atoms with E-state index < -0.39 is 0 Å². The highest BCUT2D eigenvalue weighted by atomic mass is 16.5. The van der Waals surface area contributed by atoms with Gasteiger partial charge in [0.15, 0.2) is 0 Å². The summed E-state index contributed by atoms with van der Waals surface area (Å²) in [6, 6.07) is 0.819. The molecule has 2 fully saturated rings. The second kappa shape index (κ2) is 6.19. The van der Waals surface area contributed by atoms with Crippen LogP contribution in [0.2, 0.25) is 0 Å². The van der Waals surface area contributed by atoms with Crippen LogP contribution in [0.4, 0.5) is 0 Å². The van der Waals surface area contributed by atoms with Crippen LogP contribution in [-0.4, -0.2) is 37.2 Å². The predicted octanol–water partition coefficient (Wildman–Crippen LogP) is 3.17. The minimum Gasteiger partial charge on any atom is -0.381 e. The lowest BCUT2D eigenvalue weighted by atomic mass is 9.79. The van der Waals surface area contributed by atoms with E-state index in [-0.39, 0.29) is 0 Å². The minimum atomic E-state index is 0.819. The van der Waals surface area contributed by atoms with Crippen LogP contribution in [0.25, 0.3) is 0 Å². The van der Waals surface area contributed by atoms with Gasteiger partial charge in [-0.15, -0.1) is 0 Å². The van der Waals surface area contributed by atoms with Crippen LogP contribution in [0.5, 0.6) is 0 Å².